The first-order valence-electron chi connectivity index (χ1n) is 4.16. The lowest BCUT2D eigenvalue weighted by Crippen LogP contribution is -1.83. The van der Waals surface area contributed by atoms with E-state index in [4.69, 9.17) is 16.9 Å². The van der Waals surface area contributed by atoms with Gasteiger partial charge in [-0.3, -0.25) is 0 Å². The third-order valence-electron chi connectivity index (χ3n) is 1.60. The smallest absolute Gasteiger partial charge is 0.0992 e. The fraction of sp³-hybridized carbons (Fsp3) is 0.300. The van der Waals surface area contributed by atoms with E-state index in [0.717, 1.165) is 21.5 Å². The fourth-order valence-electron chi connectivity index (χ4n) is 0.924. The molecule has 0 saturated heterocycles. The van der Waals surface area contributed by atoms with Crippen LogP contribution >= 0.6 is 39.3 Å². The van der Waals surface area contributed by atoms with Crippen molar-refractivity contribution in [3.8, 4) is 6.07 Å². The van der Waals surface area contributed by atoms with Crippen molar-refractivity contribution in [2.45, 2.75) is 11.3 Å². The number of benzene rings is 1. The highest BCUT2D eigenvalue weighted by Crippen LogP contribution is 2.28. The largest absolute Gasteiger partial charge is 0.192 e. The first-order valence-corrected chi connectivity index (χ1v) is 6.47. The van der Waals surface area contributed by atoms with E-state index in [-0.39, 0.29) is 0 Å². The summed E-state index contributed by atoms with van der Waals surface area (Å²) in [5, 5.41) is 8.67. The number of hydrogen-bond donors (Lipinski definition) is 0. The lowest BCUT2D eigenvalue weighted by molar-refractivity contribution is 1.11. The van der Waals surface area contributed by atoms with E-state index in [1.807, 2.05) is 18.2 Å². The highest BCUT2D eigenvalue weighted by Gasteiger charge is 2.01. The van der Waals surface area contributed by atoms with Crippen LogP contribution in [0.5, 0.6) is 0 Å². The third kappa shape index (κ3) is 3.53. The van der Waals surface area contributed by atoms with Crippen molar-refractivity contribution < 1.29 is 0 Å². The molecule has 0 fully saturated rings. The Hall–Kier alpha value is -0.170. The van der Waals surface area contributed by atoms with Crippen LogP contribution in [-0.2, 0) is 0 Å². The molecule has 0 amide bonds. The zero-order valence-corrected chi connectivity index (χ0v) is 10.6. The van der Waals surface area contributed by atoms with Crippen LogP contribution in [0.15, 0.2) is 27.6 Å². The van der Waals surface area contributed by atoms with Gasteiger partial charge in [0, 0.05) is 15.2 Å². The number of halogens is 2. The summed E-state index contributed by atoms with van der Waals surface area (Å²) in [6.45, 7) is 0. The van der Waals surface area contributed by atoms with Crippen molar-refractivity contribution in [1.82, 2.24) is 0 Å². The van der Waals surface area contributed by atoms with Gasteiger partial charge < -0.3 is 0 Å². The summed E-state index contributed by atoms with van der Waals surface area (Å²) in [5.74, 6) is 1.70. The highest BCUT2D eigenvalue weighted by molar-refractivity contribution is 9.10. The molecule has 0 unspecified atom stereocenters. The Balaban J connectivity index is 2.65. The lowest BCUT2D eigenvalue weighted by atomic mass is 10.2. The molecule has 0 aromatic heterocycles. The zero-order valence-electron chi connectivity index (χ0n) is 7.46. The first-order chi connectivity index (χ1) is 6.77. The maximum Gasteiger partial charge on any atom is 0.0992 e. The summed E-state index contributed by atoms with van der Waals surface area (Å²) in [5.41, 5.74) is 0.679. The summed E-state index contributed by atoms with van der Waals surface area (Å²) in [6.07, 6.45) is 0.999. The van der Waals surface area contributed by atoms with Gasteiger partial charge in [0.25, 0.3) is 0 Å². The van der Waals surface area contributed by atoms with Gasteiger partial charge in [0.05, 0.1) is 11.6 Å². The number of thioether (sulfide) groups is 1. The molecule has 74 valence electrons. The SMILES string of the molecule is N#Cc1ccc(SCCCCl)c(Br)c1. The Morgan fingerprint density at radius 1 is 1.50 bits per heavy atom. The number of rotatable bonds is 4. The quantitative estimate of drug-likeness (QED) is 0.475. The van der Waals surface area contributed by atoms with Crippen molar-refractivity contribution >= 4 is 39.3 Å². The predicted octanol–water partition coefficient (Wildman–Crippen LogP) is 4.04. The maximum absolute atomic E-state index is 8.67. The van der Waals surface area contributed by atoms with Gasteiger partial charge in [0.1, 0.15) is 0 Å². The number of alkyl halides is 1. The Morgan fingerprint density at radius 2 is 2.29 bits per heavy atom. The van der Waals surface area contributed by atoms with Crippen LogP contribution in [-0.4, -0.2) is 11.6 Å². The monoisotopic (exact) mass is 289 g/mol. The molecule has 14 heavy (non-hydrogen) atoms. The summed E-state index contributed by atoms with van der Waals surface area (Å²) in [7, 11) is 0. The second-order valence-electron chi connectivity index (χ2n) is 2.65. The molecular weight excluding hydrogens is 282 g/mol. The number of hydrogen-bond acceptors (Lipinski definition) is 2. The van der Waals surface area contributed by atoms with Gasteiger partial charge >= 0.3 is 0 Å². The average Bonchev–Trinajstić information content (AvgIpc) is 2.20. The van der Waals surface area contributed by atoms with Gasteiger partial charge in [-0.15, -0.1) is 23.4 Å². The first kappa shape index (κ1) is 11.9. The third-order valence-corrected chi connectivity index (χ3v) is 3.94. The molecule has 0 aliphatic carbocycles. The second kappa shape index (κ2) is 6.34. The van der Waals surface area contributed by atoms with Gasteiger partial charge in [-0.25, -0.2) is 0 Å². The second-order valence-corrected chi connectivity index (χ2v) is 5.02. The maximum atomic E-state index is 8.67. The molecule has 1 aromatic carbocycles. The van der Waals surface area contributed by atoms with Crippen LogP contribution in [0.2, 0.25) is 0 Å². The topological polar surface area (TPSA) is 23.8 Å². The molecule has 1 aromatic rings. The summed E-state index contributed by atoms with van der Waals surface area (Å²) >= 11 is 10.8. The summed E-state index contributed by atoms with van der Waals surface area (Å²) in [6, 6.07) is 7.73. The fourth-order valence-corrected chi connectivity index (χ4v) is 2.81. The molecule has 4 heteroatoms. The normalized spacial score (nSPS) is 9.79. The molecule has 0 aliphatic rings. The lowest BCUT2D eigenvalue weighted by Gasteiger charge is -2.03. The molecule has 0 saturated carbocycles. The standard InChI is InChI=1S/C10H9BrClNS/c11-9-6-8(7-13)2-3-10(9)14-5-1-4-12/h2-3,6H,1,4-5H2. The van der Waals surface area contributed by atoms with Crippen molar-refractivity contribution in [2.24, 2.45) is 0 Å². The van der Waals surface area contributed by atoms with E-state index in [2.05, 4.69) is 22.0 Å². The molecule has 0 bridgehead atoms. The van der Waals surface area contributed by atoms with Gasteiger partial charge in [-0.05, 0) is 46.3 Å². The van der Waals surface area contributed by atoms with Gasteiger partial charge in [-0.2, -0.15) is 5.26 Å². The van der Waals surface area contributed by atoms with Crippen molar-refractivity contribution in [2.75, 3.05) is 11.6 Å². The molecule has 0 spiro atoms. The van der Waals surface area contributed by atoms with Crippen LogP contribution < -0.4 is 0 Å². The van der Waals surface area contributed by atoms with Gasteiger partial charge in [-0.1, -0.05) is 0 Å². The molecule has 0 N–H and O–H groups in total. The van der Waals surface area contributed by atoms with Gasteiger partial charge in [0.15, 0.2) is 0 Å². The summed E-state index contributed by atoms with van der Waals surface area (Å²) < 4.78 is 0.983. The molecule has 1 rings (SSSR count). The predicted molar refractivity (Wildman–Crippen MR) is 64.9 cm³/mol. The molecule has 1 nitrogen and oxygen atoms in total. The minimum Gasteiger partial charge on any atom is -0.192 e. The molecule has 0 heterocycles. The van der Waals surface area contributed by atoms with Crippen molar-refractivity contribution in [1.29, 1.82) is 5.26 Å². The minimum absolute atomic E-state index is 0.679. The average molecular weight is 291 g/mol. The van der Waals surface area contributed by atoms with Crippen LogP contribution in [0.1, 0.15) is 12.0 Å². The number of nitriles is 1. The van der Waals surface area contributed by atoms with Crippen molar-refractivity contribution in [3.05, 3.63) is 28.2 Å². The Morgan fingerprint density at radius 3 is 2.86 bits per heavy atom. The van der Waals surface area contributed by atoms with E-state index >= 15 is 0 Å². The molecule has 0 radical (unpaired) electrons. The Bertz CT molecular complexity index is 348. The van der Waals surface area contributed by atoms with E-state index < -0.39 is 0 Å². The molecule has 0 atom stereocenters. The van der Waals surface area contributed by atoms with Crippen LogP contribution in [0.25, 0.3) is 0 Å². The number of nitrogens with zero attached hydrogens (tertiary/aromatic N) is 1. The Kier molecular flexibility index (Phi) is 5.39. The highest BCUT2D eigenvalue weighted by atomic mass is 79.9. The van der Waals surface area contributed by atoms with E-state index in [1.54, 1.807) is 11.8 Å². The summed E-state index contributed by atoms with van der Waals surface area (Å²) in [4.78, 5) is 1.16. The van der Waals surface area contributed by atoms with Crippen LogP contribution in [0.4, 0.5) is 0 Å². The van der Waals surface area contributed by atoms with Gasteiger partial charge in [0.2, 0.25) is 0 Å². The van der Waals surface area contributed by atoms with E-state index in [9.17, 15) is 0 Å². The van der Waals surface area contributed by atoms with Crippen LogP contribution in [0.3, 0.4) is 0 Å². The van der Waals surface area contributed by atoms with Crippen molar-refractivity contribution in [3.63, 3.8) is 0 Å². The van der Waals surface area contributed by atoms with E-state index in [1.165, 1.54) is 0 Å². The zero-order chi connectivity index (χ0) is 10.4. The van der Waals surface area contributed by atoms with Crippen LogP contribution in [0, 0.1) is 11.3 Å². The molecular formula is C10H9BrClNS. The minimum atomic E-state index is 0.679. The van der Waals surface area contributed by atoms with E-state index in [0.29, 0.717) is 11.4 Å². The molecule has 0 aliphatic heterocycles. The Labute approximate surface area is 102 Å².